The first kappa shape index (κ1) is 13.2. The SMILES string of the molecule is COc1ccc(C(=O)c2cncc3ccccc23)c(F)c1. The number of carbonyl (C=O) groups is 1. The largest absolute Gasteiger partial charge is 0.497 e. The third-order valence-corrected chi connectivity index (χ3v) is 3.33. The van der Waals surface area contributed by atoms with Crippen LogP contribution in [-0.2, 0) is 0 Å². The van der Waals surface area contributed by atoms with Crippen LogP contribution < -0.4 is 4.74 Å². The molecule has 0 radical (unpaired) electrons. The molecule has 0 N–H and O–H groups in total. The first-order valence-electron chi connectivity index (χ1n) is 6.41. The number of rotatable bonds is 3. The van der Waals surface area contributed by atoms with Crippen molar-refractivity contribution < 1.29 is 13.9 Å². The maximum atomic E-state index is 14.1. The molecular weight excluding hydrogens is 269 g/mol. The van der Waals surface area contributed by atoms with Gasteiger partial charge in [-0.2, -0.15) is 0 Å². The molecule has 0 fully saturated rings. The van der Waals surface area contributed by atoms with E-state index in [-0.39, 0.29) is 11.3 Å². The van der Waals surface area contributed by atoms with E-state index in [0.29, 0.717) is 11.3 Å². The molecule has 1 aromatic heterocycles. The quantitative estimate of drug-likeness (QED) is 0.688. The molecule has 0 spiro atoms. The summed E-state index contributed by atoms with van der Waals surface area (Å²) >= 11 is 0. The topological polar surface area (TPSA) is 39.2 Å². The lowest BCUT2D eigenvalue weighted by Crippen LogP contribution is -2.06. The summed E-state index contributed by atoms with van der Waals surface area (Å²) in [4.78, 5) is 16.6. The number of ketones is 1. The van der Waals surface area contributed by atoms with Gasteiger partial charge in [0.15, 0.2) is 5.78 Å². The number of nitrogens with zero attached hydrogens (tertiary/aromatic N) is 1. The number of pyridine rings is 1. The monoisotopic (exact) mass is 281 g/mol. The molecule has 0 aliphatic rings. The van der Waals surface area contributed by atoms with E-state index < -0.39 is 5.82 Å². The normalized spacial score (nSPS) is 10.6. The Morgan fingerprint density at radius 3 is 2.67 bits per heavy atom. The molecule has 0 saturated heterocycles. The number of fused-ring (bicyclic) bond motifs is 1. The van der Waals surface area contributed by atoms with E-state index >= 15 is 0 Å². The number of carbonyl (C=O) groups excluding carboxylic acids is 1. The molecule has 0 unspecified atom stereocenters. The minimum atomic E-state index is -0.604. The molecular formula is C17H12FNO2. The van der Waals surface area contributed by atoms with Crippen LogP contribution >= 0.6 is 0 Å². The summed E-state index contributed by atoms with van der Waals surface area (Å²) < 4.78 is 19.0. The Labute approximate surface area is 121 Å². The molecule has 3 aromatic rings. The number of methoxy groups -OCH3 is 1. The van der Waals surface area contributed by atoms with E-state index in [9.17, 15) is 9.18 Å². The van der Waals surface area contributed by atoms with E-state index in [1.807, 2.05) is 24.3 Å². The number of aromatic nitrogens is 1. The zero-order valence-electron chi connectivity index (χ0n) is 11.3. The second-order valence-corrected chi connectivity index (χ2v) is 4.58. The molecule has 0 atom stereocenters. The Bertz CT molecular complexity index is 825. The van der Waals surface area contributed by atoms with Gasteiger partial charge in [-0.15, -0.1) is 0 Å². The Morgan fingerprint density at radius 1 is 1.10 bits per heavy atom. The van der Waals surface area contributed by atoms with Crippen LogP contribution in [0.2, 0.25) is 0 Å². The molecule has 0 aliphatic heterocycles. The summed E-state index contributed by atoms with van der Waals surface area (Å²) in [6, 6.07) is 11.6. The van der Waals surface area contributed by atoms with Gasteiger partial charge < -0.3 is 4.74 Å². The van der Waals surface area contributed by atoms with Crippen LogP contribution in [0.4, 0.5) is 4.39 Å². The predicted octanol–water partition coefficient (Wildman–Crippen LogP) is 3.61. The third-order valence-electron chi connectivity index (χ3n) is 3.33. The van der Waals surface area contributed by atoms with Crippen LogP contribution in [0, 0.1) is 5.82 Å². The second kappa shape index (κ2) is 5.32. The fourth-order valence-electron chi connectivity index (χ4n) is 2.25. The van der Waals surface area contributed by atoms with E-state index in [2.05, 4.69) is 4.98 Å². The fraction of sp³-hybridized carbons (Fsp3) is 0.0588. The smallest absolute Gasteiger partial charge is 0.198 e. The van der Waals surface area contributed by atoms with Crippen molar-refractivity contribution in [1.82, 2.24) is 4.98 Å². The zero-order chi connectivity index (χ0) is 14.8. The first-order valence-corrected chi connectivity index (χ1v) is 6.41. The van der Waals surface area contributed by atoms with Gasteiger partial charge in [0.2, 0.25) is 0 Å². The highest BCUT2D eigenvalue weighted by atomic mass is 19.1. The molecule has 21 heavy (non-hydrogen) atoms. The lowest BCUT2D eigenvalue weighted by Gasteiger charge is -2.07. The van der Waals surface area contributed by atoms with Crippen molar-refractivity contribution in [2.24, 2.45) is 0 Å². The van der Waals surface area contributed by atoms with Crippen molar-refractivity contribution in [2.45, 2.75) is 0 Å². The number of halogens is 1. The van der Waals surface area contributed by atoms with Crippen LogP contribution in [0.1, 0.15) is 15.9 Å². The summed E-state index contributed by atoms with van der Waals surface area (Å²) in [5.74, 6) is -0.619. The molecule has 4 heteroatoms. The summed E-state index contributed by atoms with van der Waals surface area (Å²) in [7, 11) is 1.45. The molecule has 2 aromatic carbocycles. The Morgan fingerprint density at radius 2 is 1.90 bits per heavy atom. The molecule has 3 nitrogen and oxygen atoms in total. The lowest BCUT2D eigenvalue weighted by atomic mass is 9.99. The highest BCUT2D eigenvalue weighted by Gasteiger charge is 2.17. The summed E-state index contributed by atoms with van der Waals surface area (Å²) in [6.07, 6.45) is 3.14. The molecule has 0 amide bonds. The van der Waals surface area contributed by atoms with E-state index in [1.165, 1.54) is 25.4 Å². The van der Waals surface area contributed by atoms with Gasteiger partial charge in [-0.25, -0.2) is 4.39 Å². The molecule has 0 saturated carbocycles. The Hall–Kier alpha value is -2.75. The average molecular weight is 281 g/mol. The molecule has 104 valence electrons. The van der Waals surface area contributed by atoms with Gasteiger partial charge in [-0.3, -0.25) is 9.78 Å². The lowest BCUT2D eigenvalue weighted by molar-refractivity contribution is 0.103. The summed E-state index contributed by atoms with van der Waals surface area (Å²) in [6.45, 7) is 0. The number of ether oxygens (including phenoxy) is 1. The van der Waals surface area contributed by atoms with Crippen molar-refractivity contribution in [3.8, 4) is 5.75 Å². The molecule has 0 bridgehead atoms. The van der Waals surface area contributed by atoms with Crippen molar-refractivity contribution in [1.29, 1.82) is 0 Å². The maximum Gasteiger partial charge on any atom is 0.198 e. The molecule has 3 rings (SSSR count). The van der Waals surface area contributed by atoms with Crippen molar-refractivity contribution >= 4 is 16.6 Å². The molecule has 0 aliphatic carbocycles. The van der Waals surface area contributed by atoms with Crippen molar-refractivity contribution in [3.05, 3.63) is 71.8 Å². The van der Waals surface area contributed by atoms with Gasteiger partial charge in [0, 0.05) is 29.4 Å². The highest BCUT2D eigenvalue weighted by Crippen LogP contribution is 2.23. The summed E-state index contributed by atoms with van der Waals surface area (Å²) in [5, 5.41) is 1.60. The fourth-order valence-corrected chi connectivity index (χ4v) is 2.25. The van der Waals surface area contributed by atoms with Gasteiger partial charge >= 0.3 is 0 Å². The van der Waals surface area contributed by atoms with E-state index in [0.717, 1.165) is 10.8 Å². The Kier molecular flexibility index (Phi) is 3.36. The zero-order valence-corrected chi connectivity index (χ0v) is 11.3. The van der Waals surface area contributed by atoms with Crippen LogP contribution in [0.15, 0.2) is 54.9 Å². The van der Waals surface area contributed by atoms with Crippen LogP contribution in [0.3, 0.4) is 0 Å². The standard InChI is InChI=1S/C17H12FNO2/c1-21-12-6-7-14(16(18)8-12)17(20)15-10-19-9-11-4-2-3-5-13(11)15/h2-10H,1H3. The average Bonchev–Trinajstić information content (AvgIpc) is 2.53. The van der Waals surface area contributed by atoms with Crippen LogP contribution in [0.25, 0.3) is 10.8 Å². The van der Waals surface area contributed by atoms with Crippen LogP contribution in [0.5, 0.6) is 5.75 Å². The van der Waals surface area contributed by atoms with Gasteiger partial charge in [0.1, 0.15) is 11.6 Å². The minimum Gasteiger partial charge on any atom is -0.497 e. The van der Waals surface area contributed by atoms with Crippen molar-refractivity contribution in [2.75, 3.05) is 7.11 Å². The van der Waals surface area contributed by atoms with Gasteiger partial charge in [0.25, 0.3) is 0 Å². The number of hydrogen-bond acceptors (Lipinski definition) is 3. The minimum absolute atomic E-state index is 0.00829. The number of hydrogen-bond donors (Lipinski definition) is 0. The maximum absolute atomic E-state index is 14.1. The first-order chi connectivity index (χ1) is 10.2. The second-order valence-electron chi connectivity index (χ2n) is 4.58. The van der Waals surface area contributed by atoms with Gasteiger partial charge in [0.05, 0.1) is 12.7 Å². The Balaban J connectivity index is 2.13. The van der Waals surface area contributed by atoms with Crippen LogP contribution in [-0.4, -0.2) is 17.9 Å². The van der Waals surface area contributed by atoms with Crippen molar-refractivity contribution in [3.63, 3.8) is 0 Å². The number of benzene rings is 2. The third kappa shape index (κ3) is 2.36. The molecule has 1 heterocycles. The van der Waals surface area contributed by atoms with Gasteiger partial charge in [-0.05, 0) is 17.5 Å². The van der Waals surface area contributed by atoms with E-state index in [4.69, 9.17) is 4.74 Å². The predicted molar refractivity (Wildman–Crippen MR) is 78.1 cm³/mol. The highest BCUT2D eigenvalue weighted by molar-refractivity contribution is 6.16. The van der Waals surface area contributed by atoms with E-state index in [1.54, 1.807) is 12.3 Å². The van der Waals surface area contributed by atoms with Gasteiger partial charge in [-0.1, -0.05) is 24.3 Å². The summed E-state index contributed by atoms with van der Waals surface area (Å²) in [5.41, 5.74) is 0.395.